The van der Waals surface area contributed by atoms with E-state index in [9.17, 15) is 9.18 Å². The van der Waals surface area contributed by atoms with Gasteiger partial charge in [-0.15, -0.1) is 0 Å². The molecule has 1 aromatic carbocycles. The highest BCUT2D eigenvalue weighted by atomic mass is 19.1. The van der Waals surface area contributed by atoms with Gasteiger partial charge in [-0.05, 0) is 30.0 Å². The molecule has 2 N–H and O–H groups in total. The fourth-order valence-electron chi connectivity index (χ4n) is 1.59. The molecule has 0 heterocycles. The van der Waals surface area contributed by atoms with Crippen molar-refractivity contribution in [3.63, 3.8) is 0 Å². The average Bonchev–Trinajstić information content (AvgIpc) is 2.85. The quantitative estimate of drug-likeness (QED) is 0.732. The Labute approximate surface area is 75.6 Å². The Bertz CT molecular complexity index is 333. The summed E-state index contributed by atoms with van der Waals surface area (Å²) in [4.78, 5) is 10.8. The van der Waals surface area contributed by atoms with Gasteiger partial charge < -0.3 is 5.73 Å². The molecule has 68 valence electrons. The number of primary amides is 1. The van der Waals surface area contributed by atoms with Crippen molar-refractivity contribution >= 4 is 5.91 Å². The number of amides is 1. The minimum Gasteiger partial charge on any atom is -0.369 e. The standard InChI is InChI=1S/C10H10FNO/c11-7-3-1-6(2-4-7)8-5-9(8)10(12)13/h1-4,8-9H,5H2,(H2,12,13)/t8-,9+/m1/s1. The Balaban J connectivity index is 2.12. The second kappa shape index (κ2) is 2.83. The van der Waals surface area contributed by atoms with Crippen LogP contribution in [0.15, 0.2) is 24.3 Å². The molecule has 1 fully saturated rings. The van der Waals surface area contributed by atoms with E-state index >= 15 is 0 Å². The van der Waals surface area contributed by atoms with Crippen LogP contribution in [-0.2, 0) is 4.79 Å². The van der Waals surface area contributed by atoms with Gasteiger partial charge in [-0.3, -0.25) is 4.79 Å². The summed E-state index contributed by atoms with van der Waals surface area (Å²) in [6.07, 6.45) is 0.807. The zero-order valence-electron chi connectivity index (χ0n) is 7.03. The monoisotopic (exact) mass is 179 g/mol. The molecule has 2 atom stereocenters. The molecular weight excluding hydrogens is 169 g/mol. The highest BCUT2D eigenvalue weighted by molar-refractivity contribution is 5.81. The summed E-state index contributed by atoms with van der Waals surface area (Å²) in [7, 11) is 0. The van der Waals surface area contributed by atoms with E-state index < -0.39 is 0 Å². The number of benzene rings is 1. The molecule has 0 saturated heterocycles. The second-order valence-electron chi connectivity index (χ2n) is 3.40. The molecule has 0 aliphatic heterocycles. The molecule has 1 aliphatic rings. The van der Waals surface area contributed by atoms with Crippen molar-refractivity contribution in [2.45, 2.75) is 12.3 Å². The van der Waals surface area contributed by atoms with Crippen molar-refractivity contribution in [1.82, 2.24) is 0 Å². The van der Waals surface area contributed by atoms with Crippen LogP contribution in [0.4, 0.5) is 4.39 Å². The predicted octanol–water partition coefficient (Wildman–Crippen LogP) is 1.41. The zero-order valence-corrected chi connectivity index (χ0v) is 7.03. The van der Waals surface area contributed by atoms with Crippen LogP contribution in [-0.4, -0.2) is 5.91 Å². The Morgan fingerprint density at radius 3 is 2.46 bits per heavy atom. The molecule has 1 aromatic rings. The third kappa shape index (κ3) is 1.54. The summed E-state index contributed by atoms with van der Waals surface area (Å²) in [5.74, 6) is -0.321. The van der Waals surface area contributed by atoms with Crippen molar-refractivity contribution in [2.75, 3.05) is 0 Å². The molecule has 1 aliphatic carbocycles. The fraction of sp³-hybridized carbons (Fsp3) is 0.300. The number of carbonyl (C=O) groups excluding carboxylic acids is 1. The van der Waals surface area contributed by atoms with Gasteiger partial charge in [0.15, 0.2) is 0 Å². The van der Waals surface area contributed by atoms with E-state index in [0.29, 0.717) is 0 Å². The van der Waals surface area contributed by atoms with Crippen LogP contribution in [0, 0.1) is 11.7 Å². The van der Waals surface area contributed by atoms with E-state index in [1.54, 1.807) is 12.1 Å². The lowest BCUT2D eigenvalue weighted by atomic mass is 10.1. The molecule has 0 spiro atoms. The van der Waals surface area contributed by atoms with Crippen molar-refractivity contribution in [3.05, 3.63) is 35.6 Å². The molecule has 13 heavy (non-hydrogen) atoms. The van der Waals surface area contributed by atoms with E-state index in [1.165, 1.54) is 12.1 Å². The maximum atomic E-state index is 12.5. The van der Waals surface area contributed by atoms with Crippen molar-refractivity contribution < 1.29 is 9.18 Å². The van der Waals surface area contributed by atoms with Crippen LogP contribution < -0.4 is 5.73 Å². The van der Waals surface area contributed by atoms with Gasteiger partial charge in [-0.2, -0.15) is 0 Å². The normalized spacial score (nSPS) is 25.6. The van der Waals surface area contributed by atoms with Gasteiger partial charge in [0.2, 0.25) is 5.91 Å². The van der Waals surface area contributed by atoms with Crippen LogP contribution >= 0.6 is 0 Å². The molecule has 1 amide bonds. The van der Waals surface area contributed by atoms with Crippen molar-refractivity contribution in [2.24, 2.45) is 11.7 Å². The maximum absolute atomic E-state index is 12.5. The molecule has 0 bridgehead atoms. The average molecular weight is 179 g/mol. The predicted molar refractivity (Wildman–Crippen MR) is 46.4 cm³/mol. The number of nitrogens with two attached hydrogens (primary N) is 1. The number of rotatable bonds is 2. The number of carbonyl (C=O) groups is 1. The molecule has 2 nitrogen and oxygen atoms in total. The number of halogens is 1. The van der Waals surface area contributed by atoms with Gasteiger partial charge in [0.1, 0.15) is 5.82 Å². The molecule has 2 rings (SSSR count). The van der Waals surface area contributed by atoms with Crippen molar-refractivity contribution in [1.29, 1.82) is 0 Å². The Hall–Kier alpha value is -1.38. The minimum atomic E-state index is -0.255. The van der Waals surface area contributed by atoms with Gasteiger partial charge in [-0.1, -0.05) is 12.1 Å². The van der Waals surface area contributed by atoms with Gasteiger partial charge in [0.05, 0.1) is 0 Å². The van der Waals surface area contributed by atoms with E-state index in [2.05, 4.69) is 0 Å². The first-order chi connectivity index (χ1) is 6.18. The van der Waals surface area contributed by atoms with Crippen LogP contribution in [0.2, 0.25) is 0 Å². The summed E-state index contributed by atoms with van der Waals surface area (Å²) in [6.45, 7) is 0. The number of hydrogen-bond acceptors (Lipinski definition) is 1. The summed E-state index contributed by atoms with van der Waals surface area (Å²) in [5, 5.41) is 0. The van der Waals surface area contributed by atoms with Crippen LogP contribution in [0.3, 0.4) is 0 Å². The van der Waals surface area contributed by atoms with E-state index in [1.807, 2.05) is 0 Å². The first-order valence-electron chi connectivity index (χ1n) is 4.23. The largest absolute Gasteiger partial charge is 0.369 e. The highest BCUT2D eigenvalue weighted by Gasteiger charge is 2.42. The van der Waals surface area contributed by atoms with E-state index in [4.69, 9.17) is 5.73 Å². The van der Waals surface area contributed by atoms with E-state index in [0.717, 1.165) is 12.0 Å². The van der Waals surface area contributed by atoms with Crippen molar-refractivity contribution in [3.8, 4) is 0 Å². The van der Waals surface area contributed by atoms with Gasteiger partial charge in [0, 0.05) is 5.92 Å². The molecule has 1 saturated carbocycles. The van der Waals surface area contributed by atoms with Gasteiger partial charge >= 0.3 is 0 Å². The van der Waals surface area contributed by atoms with Gasteiger partial charge in [-0.25, -0.2) is 4.39 Å². The SMILES string of the molecule is NC(=O)[C@H]1C[C@@H]1c1ccc(F)cc1. The fourth-order valence-corrected chi connectivity index (χ4v) is 1.59. The zero-order chi connectivity index (χ0) is 9.42. The lowest BCUT2D eigenvalue weighted by Gasteiger charge is -1.97. The van der Waals surface area contributed by atoms with E-state index in [-0.39, 0.29) is 23.6 Å². The molecule has 0 aromatic heterocycles. The first kappa shape index (κ1) is 8.23. The lowest BCUT2D eigenvalue weighted by Crippen LogP contribution is -2.13. The third-order valence-electron chi connectivity index (χ3n) is 2.45. The first-order valence-corrected chi connectivity index (χ1v) is 4.23. The highest BCUT2D eigenvalue weighted by Crippen LogP contribution is 2.46. The smallest absolute Gasteiger partial charge is 0.221 e. The molecular formula is C10H10FNO. The topological polar surface area (TPSA) is 43.1 Å². The maximum Gasteiger partial charge on any atom is 0.221 e. The lowest BCUT2D eigenvalue weighted by molar-refractivity contribution is -0.119. The molecule has 0 unspecified atom stereocenters. The molecule has 3 heteroatoms. The Morgan fingerprint density at radius 1 is 1.38 bits per heavy atom. The third-order valence-corrected chi connectivity index (χ3v) is 2.45. The van der Waals surface area contributed by atoms with Crippen LogP contribution in [0.25, 0.3) is 0 Å². The summed E-state index contributed by atoms with van der Waals surface area (Å²) >= 11 is 0. The van der Waals surface area contributed by atoms with Crippen LogP contribution in [0.5, 0.6) is 0 Å². The van der Waals surface area contributed by atoms with Gasteiger partial charge in [0.25, 0.3) is 0 Å². The summed E-state index contributed by atoms with van der Waals surface area (Å²) < 4.78 is 12.5. The Kier molecular flexibility index (Phi) is 1.79. The van der Waals surface area contributed by atoms with Crippen LogP contribution in [0.1, 0.15) is 17.9 Å². The summed E-state index contributed by atoms with van der Waals surface area (Å²) in [5.41, 5.74) is 6.15. The number of hydrogen-bond donors (Lipinski definition) is 1. The summed E-state index contributed by atoms with van der Waals surface area (Å²) in [6, 6.07) is 6.24. The Morgan fingerprint density at radius 2 is 2.00 bits per heavy atom. The molecule has 0 radical (unpaired) electrons. The minimum absolute atomic E-state index is 0.0366. The second-order valence-corrected chi connectivity index (χ2v) is 3.40.